The molecule has 1 saturated carbocycles. The van der Waals surface area contributed by atoms with Crippen LogP contribution >= 0.6 is 11.6 Å². The van der Waals surface area contributed by atoms with Crippen molar-refractivity contribution in [1.82, 2.24) is 0 Å². The van der Waals surface area contributed by atoms with Gasteiger partial charge in [-0.3, -0.25) is 4.79 Å². The van der Waals surface area contributed by atoms with Gasteiger partial charge in [-0.05, 0) is 37.5 Å². The highest BCUT2D eigenvalue weighted by Gasteiger charge is 2.32. The molecule has 0 heterocycles. The van der Waals surface area contributed by atoms with Gasteiger partial charge in [-0.25, -0.2) is 0 Å². The number of rotatable bonds is 3. The Morgan fingerprint density at radius 2 is 2.13 bits per heavy atom. The molecule has 1 aromatic rings. The predicted octanol–water partition coefficient (Wildman–Crippen LogP) is 3.25. The quantitative estimate of drug-likeness (QED) is 0.737. The van der Waals surface area contributed by atoms with Crippen LogP contribution in [0.2, 0.25) is 5.02 Å². The summed E-state index contributed by atoms with van der Waals surface area (Å²) in [4.78, 5) is 12.0. The zero-order chi connectivity index (χ0) is 11.0. The third-order valence-corrected chi connectivity index (χ3v) is 2.88. The van der Waals surface area contributed by atoms with Crippen LogP contribution in [-0.4, -0.2) is 12.9 Å². The largest absolute Gasteiger partial charge is 0.496 e. The van der Waals surface area contributed by atoms with Gasteiger partial charge in [0.2, 0.25) is 0 Å². The summed E-state index contributed by atoms with van der Waals surface area (Å²) in [6.45, 7) is 1.90. The van der Waals surface area contributed by atoms with Crippen molar-refractivity contribution in [3.05, 3.63) is 28.3 Å². The van der Waals surface area contributed by atoms with E-state index in [4.69, 9.17) is 16.3 Å². The second-order valence-corrected chi connectivity index (χ2v) is 4.38. The van der Waals surface area contributed by atoms with E-state index in [1.807, 2.05) is 13.0 Å². The third-order valence-electron chi connectivity index (χ3n) is 2.66. The number of halogens is 1. The Kier molecular flexibility index (Phi) is 2.70. The molecule has 80 valence electrons. The molecular formula is C12H13ClO2. The Labute approximate surface area is 94.2 Å². The van der Waals surface area contributed by atoms with Gasteiger partial charge in [0.25, 0.3) is 0 Å². The number of ketones is 1. The van der Waals surface area contributed by atoms with Crippen LogP contribution in [0.3, 0.4) is 0 Å². The molecule has 0 atom stereocenters. The van der Waals surface area contributed by atoms with Crippen molar-refractivity contribution in [1.29, 1.82) is 0 Å². The molecule has 0 saturated heterocycles. The average Bonchev–Trinajstić information content (AvgIpc) is 2.98. The van der Waals surface area contributed by atoms with Crippen LogP contribution in [-0.2, 0) is 0 Å². The summed E-state index contributed by atoms with van der Waals surface area (Å²) in [6, 6.07) is 3.51. The van der Waals surface area contributed by atoms with E-state index >= 15 is 0 Å². The first-order chi connectivity index (χ1) is 7.13. The summed E-state index contributed by atoms with van der Waals surface area (Å²) in [5, 5.41) is 0.595. The minimum Gasteiger partial charge on any atom is -0.496 e. The van der Waals surface area contributed by atoms with Gasteiger partial charge in [0.05, 0.1) is 12.7 Å². The molecule has 1 fully saturated rings. The number of benzene rings is 1. The fraction of sp³-hybridized carbons (Fsp3) is 0.417. The number of hydrogen-bond donors (Lipinski definition) is 0. The first kappa shape index (κ1) is 10.5. The number of Topliss-reactive ketones (excluding diaryl/α,β-unsaturated/α-hetero) is 1. The van der Waals surface area contributed by atoms with Crippen LogP contribution in [0.4, 0.5) is 0 Å². The van der Waals surface area contributed by atoms with Gasteiger partial charge in [-0.1, -0.05) is 11.6 Å². The van der Waals surface area contributed by atoms with Gasteiger partial charge >= 0.3 is 0 Å². The first-order valence-electron chi connectivity index (χ1n) is 5.02. The lowest BCUT2D eigenvalue weighted by Gasteiger charge is -2.10. The minimum atomic E-state index is 0.164. The SMILES string of the molecule is COc1c(C)cc(Cl)cc1C(=O)C1CC1. The second kappa shape index (κ2) is 3.86. The van der Waals surface area contributed by atoms with E-state index in [1.165, 1.54) is 0 Å². The molecule has 2 nitrogen and oxygen atoms in total. The number of ether oxygens (including phenoxy) is 1. The zero-order valence-electron chi connectivity index (χ0n) is 8.84. The highest BCUT2D eigenvalue weighted by atomic mass is 35.5. The number of carbonyl (C=O) groups is 1. The lowest BCUT2D eigenvalue weighted by molar-refractivity contribution is 0.0964. The maximum Gasteiger partial charge on any atom is 0.169 e. The van der Waals surface area contributed by atoms with Crippen molar-refractivity contribution in [3.8, 4) is 5.75 Å². The van der Waals surface area contributed by atoms with Crippen molar-refractivity contribution in [2.24, 2.45) is 5.92 Å². The van der Waals surface area contributed by atoms with Crippen molar-refractivity contribution in [2.75, 3.05) is 7.11 Å². The summed E-state index contributed by atoms with van der Waals surface area (Å²) in [5.74, 6) is 1.02. The Hall–Kier alpha value is -1.02. The molecule has 3 heteroatoms. The molecule has 1 aromatic carbocycles. The maximum absolute atomic E-state index is 12.0. The third kappa shape index (κ3) is 2.00. The van der Waals surface area contributed by atoms with E-state index in [-0.39, 0.29) is 11.7 Å². The monoisotopic (exact) mass is 224 g/mol. The maximum atomic E-state index is 12.0. The molecule has 0 N–H and O–H groups in total. The van der Waals surface area contributed by atoms with Crippen molar-refractivity contribution >= 4 is 17.4 Å². The van der Waals surface area contributed by atoms with Gasteiger partial charge in [-0.15, -0.1) is 0 Å². The minimum absolute atomic E-state index is 0.164. The molecule has 0 unspecified atom stereocenters. The van der Waals surface area contributed by atoms with Crippen LogP contribution in [0.5, 0.6) is 5.75 Å². The first-order valence-corrected chi connectivity index (χ1v) is 5.39. The fourth-order valence-electron chi connectivity index (χ4n) is 1.75. The van der Waals surface area contributed by atoms with E-state index < -0.39 is 0 Å². The highest BCUT2D eigenvalue weighted by Crippen LogP contribution is 2.37. The van der Waals surface area contributed by atoms with E-state index in [2.05, 4.69) is 0 Å². The van der Waals surface area contributed by atoms with E-state index in [1.54, 1.807) is 13.2 Å². The fourth-order valence-corrected chi connectivity index (χ4v) is 2.02. The standard InChI is InChI=1S/C12H13ClO2/c1-7-5-9(13)6-10(12(7)15-2)11(14)8-3-4-8/h5-6,8H,3-4H2,1-2H3. The summed E-state index contributed by atoms with van der Waals surface area (Å²) in [6.07, 6.45) is 1.99. The number of methoxy groups -OCH3 is 1. The van der Waals surface area contributed by atoms with Crippen LogP contribution in [0, 0.1) is 12.8 Å². The smallest absolute Gasteiger partial charge is 0.169 e. The summed E-state index contributed by atoms with van der Waals surface area (Å²) in [5.41, 5.74) is 1.54. The molecule has 15 heavy (non-hydrogen) atoms. The van der Waals surface area contributed by atoms with Crippen molar-refractivity contribution in [2.45, 2.75) is 19.8 Å². The molecule has 0 amide bonds. The van der Waals surface area contributed by atoms with E-state index in [9.17, 15) is 4.79 Å². The van der Waals surface area contributed by atoms with Gasteiger partial charge in [0.1, 0.15) is 5.75 Å². The normalized spacial score (nSPS) is 15.1. The molecule has 0 radical (unpaired) electrons. The van der Waals surface area contributed by atoms with Crippen LogP contribution in [0.25, 0.3) is 0 Å². The van der Waals surface area contributed by atoms with Crippen LogP contribution in [0.15, 0.2) is 12.1 Å². The van der Waals surface area contributed by atoms with Crippen LogP contribution in [0.1, 0.15) is 28.8 Å². The van der Waals surface area contributed by atoms with Gasteiger partial charge in [-0.2, -0.15) is 0 Å². The molecule has 1 aliphatic rings. The van der Waals surface area contributed by atoms with E-state index in [0.717, 1.165) is 18.4 Å². The Balaban J connectivity index is 2.47. The van der Waals surface area contributed by atoms with E-state index in [0.29, 0.717) is 16.3 Å². The van der Waals surface area contributed by atoms with Gasteiger partial charge < -0.3 is 4.74 Å². The number of aryl methyl sites for hydroxylation is 1. The molecule has 0 spiro atoms. The summed E-state index contributed by atoms with van der Waals surface area (Å²) in [7, 11) is 1.58. The predicted molar refractivity (Wildman–Crippen MR) is 59.8 cm³/mol. The summed E-state index contributed by atoms with van der Waals surface area (Å²) < 4.78 is 5.25. The lowest BCUT2D eigenvalue weighted by Crippen LogP contribution is -2.05. The second-order valence-electron chi connectivity index (χ2n) is 3.94. The highest BCUT2D eigenvalue weighted by molar-refractivity contribution is 6.31. The Bertz CT molecular complexity index is 408. The molecule has 0 aliphatic heterocycles. The molecule has 0 bridgehead atoms. The molecule has 1 aliphatic carbocycles. The Morgan fingerprint density at radius 1 is 1.47 bits per heavy atom. The number of carbonyl (C=O) groups excluding carboxylic acids is 1. The van der Waals surface area contributed by atoms with Gasteiger partial charge in [0, 0.05) is 10.9 Å². The Morgan fingerprint density at radius 3 is 2.67 bits per heavy atom. The number of hydrogen-bond acceptors (Lipinski definition) is 2. The lowest BCUT2D eigenvalue weighted by atomic mass is 10.0. The zero-order valence-corrected chi connectivity index (χ0v) is 9.60. The average molecular weight is 225 g/mol. The molecule has 2 rings (SSSR count). The molecule has 0 aromatic heterocycles. The topological polar surface area (TPSA) is 26.3 Å². The van der Waals surface area contributed by atoms with Crippen molar-refractivity contribution < 1.29 is 9.53 Å². The van der Waals surface area contributed by atoms with Crippen LogP contribution < -0.4 is 4.74 Å². The van der Waals surface area contributed by atoms with Crippen molar-refractivity contribution in [3.63, 3.8) is 0 Å². The molecular weight excluding hydrogens is 212 g/mol. The summed E-state index contributed by atoms with van der Waals surface area (Å²) >= 11 is 5.94. The van der Waals surface area contributed by atoms with Gasteiger partial charge in [0.15, 0.2) is 5.78 Å².